The van der Waals surface area contributed by atoms with E-state index in [1.807, 2.05) is 24.3 Å². The first-order valence-electron chi connectivity index (χ1n) is 11.0. The molecule has 3 aliphatic carbocycles. The van der Waals surface area contributed by atoms with Gasteiger partial charge in [0.1, 0.15) is 0 Å². The Hall–Kier alpha value is -1.62. The van der Waals surface area contributed by atoms with Gasteiger partial charge >= 0.3 is 151 Å². The quantitative estimate of drug-likeness (QED) is 0.309. The number of benzene rings is 2. The van der Waals surface area contributed by atoms with E-state index in [2.05, 4.69) is 44.8 Å². The maximum atomic E-state index is 12.4. The van der Waals surface area contributed by atoms with Crippen LogP contribution in [0.4, 0.5) is 0 Å². The van der Waals surface area contributed by atoms with Crippen LogP contribution in [0.3, 0.4) is 0 Å². The molecule has 30 heavy (non-hydrogen) atoms. The van der Waals surface area contributed by atoms with Crippen molar-refractivity contribution >= 4 is 27.9 Å². The van der Waals surface area contributed by atoms with E-state index in [-0.39, 0.29) is 11.4 Å². The molecule has 156 valence electrons. The number of rotatable bonds is 2. The summed E-state index contributed by atoms with van der Waals surface area (Å²) in [6.07, 6.45) is 6.22. The van der Waals surface area contributed by atoms with Crippen LogP contribution in [0.5, 0.6) is 5.75 Å². The van der Waals surface area contributed by atoms with E-state index >= 15 is 0 Å². The van der Waals surface area contributed by atoms with Crippen molar-refractivity contribution in [3.8, 4) is 9.56 Å². The summed E-state index contributed by atoms with van der Waals surface area (Å²) in [5.74, 6) is 2.03. The number of carbonyl (C=O) groups excluding carboxylic acids is 1. The SMILES string of the molecule is C[C@]12CC[C@@H]3c4ccc(OC(=O)c5ccccc5)cc4CC[C@H]3[C@@H]1CC[C@@]2(O)C#I. The van der Waals surface area contributed by atoms with Gasteiger partial charge < -0.3 is 0 Å². The van der Waals surface area contributed by atoms with Crippen molar-refractivity contribution in [1.82, 2.24) is 0 Å². The molecule has 0 aliphatic heterocycles. The van der Waals surface area contributed by atoms with Crippen molar-refractivity contribution in [2.45, 2.75) is 57.0 Å². The molecule has 0 aromatic heterocycles. The molecule has 0 unspecified atom stereocenters. The monoisotopic (exact) mass is 514 g/mol. The number of hydrogen-bond acceptors (Lipinski definition) is 3. The van der Waals surface area contributed by atoms with Crippen LogP contribution >= 0.6 is 21.9 Å². The second-order valence-electron chi connectivity index (χ2n) is 9.48. The number of aryl methyl sites for hydroxylation is 1. The summed E-state index contributed by atoms with van der Waals surface area (Å²) < 4.78 is 8.86. The first-order chi connectivity index (χ1) is 14.4. The third-order valence-corrected chi connectivity index (χ3v) is 9.12. The Morgan fingerprint density at radius 3 is 2.70 bits per heavy atom. The zero-order chi connectivity index (χ0) is 20.9. The summed E-state index contributed by atoms with van der Waals surface area (Å²) >= 11 is 2.13. The van der Waals surface area contributed by atoms with Crippen molar-refractivity contribution in [3.05, 3.63) is 65.2 Å². The number of fused-ring (bicyclic) bond motifs is 5. The van der Waals surface area contributed by atoms with E-state index in [0.29, 0.717) is 29.1 Å². The van der Waals surface area contributed by atoms with E-state index in [9.17, 15) is 9.90 Å². The molecule has 0 radical (unpaired) electrons. The number of hydrogen-bond donors (Lipinski definition) is 1. The van der Waals surface area contributed by atoms with E-state index in [4.69, 9.17) is 4.74 Å². The Labute approximate surface area is 191 Å². The van der Waals surface area contributed by atoms with Crippen molar-refractivity contribution in [2.24, 2.45) is 17.3 Å². The summed E-state index contributed by atoms with van der Waals surface area (Å²) in [6, 6.07) is 15.3. The molecule has 2 saturated carbocycles. The standard InChI is InChI=1S/C26H27IO3/c1-25-13-11-21-20-10-8-19(30-24(28)17-5-3-2-4-6-17)15-18(20)7-9-22(21)23(25)12-14-26(25,29)16-27/h2-6,8,10,15,21-23,29H,7,9,11-14H2,1H3/t21-,22-,23+,25+,26-/m1/s1. The first kappa shape index (κ1) is 20.3. The average Bonchev–Trinajstić information content (AvgIpc) is 3.05. The van der Waals surface area contributed by atoms with Gasteiger partial charge in [-0.15, -0.1) is 0 Å². The Morgan fingerprint density at radius 1 is 1.13 bits per heavy atom. The molecule has 3 aliphatic rings. The number of carbonyl (C=O) groups is 1. The summed E-state index contributed by atoms with van der Waals surface area (Å²) in [5.41, 5.74) is 2.50. The van der Waals surface area contributed by atoms with Gasteiger partial charge in [0.2, 0.25) is 0 Å². The van der Waals surface area contributed by atoms with Gasteiger partial charge in [0.25, 0.3) is 0 Å². The average molecular weight is 514 g/mol. The number of aliphatic hydroxyl groups is 1. The molecule has 0 spiro atoms. The Bertz CT molecular complexity index is 1030. The van der Waals surface area contributed by atoms with Gasteiger partial charge in [-0.2, -0.15) is 0 Å². The zero-order valence-electron chi connectivity index (χ0n) is 17.2. The van der Waals surface area contributed by atoms with Gasteiger partial charge in [-0.05, 0) is 12.1 Å². The fourth-order valence-corrected chi connectivity index (χ4v) is 7.42. The van der Waals surface area contributed by atoms with E-state index < -0.39 is 5.60 Å². The van der Waals surface area contributed by atoms with E-state index in [1.165, 1.54) is 11.1 Å². The van der Waals surface area contributed by atoms with Gasteiger partial charge in [-0.1, -0.05) is 18.2 Å². The van der Waals surface area contributed by atoms with Crippen LogP contribution in [-0.4, -0.2) is 16.7 Å². The molecule has 0 amide bonds. The predicted molar refractivity (Wildman–Crippen MR) is 125 cm³/mol. The van der Waals surface area contributed by atoms with Crippen molar-refractivity contribution in [1.29, 1.82) is 0 Å². The van der Waals surface area contributed by atoms with Crippen LogP contribution < -0.4 is 4.74 Å². The molecule has 2 fully saturated rings. The van der Waals surface area contributed by atoms with Gasteiger partial charge in [-0.3, -0.25) is 0 Å². The number of esters is 1. The van der Waals surface area contributed by atoms with E-state index in [1.54, 1.807) is 12.1 Å². The fourth-order valence-electron chi connectivity index (χ4n) is 6.53. The van der Waals surface area contributed by atoms with Crippen LogP contribution in [0, 0.1) is 21.1 Å². The van der Waals surface area contributed by atoms with Crippen LogP contribution in [0.2, 0.25) is 0 Å². The molecule has 4 heteroatoms. The number of halogens is 1. The van der Waals surface area contributed by atoms with Crippen molar-refractivity contribution in [3.63, 3.8) is 0 Å². The Kier molecular flexibility index (Phi) is 5.08. The fraction of sp³-hybridized carbons (Fsp3) is 0.462. The van der Waals surface area contributed by atoms with Gasteiger partial charge in [0, 0.05) is 0 Å². The van der Waals surface area contributed by atoms with Crippen LogP contribution in [0.25, 0.3) is 0 Å². The topological polar surface area (TPSA) is 46.5 Å². The minimum atomic E-state index is -0.751. The second-order valence-corrected chi connectivity index (χ2v) is 10.0. The molecule has 1 N–H and O–H groups in total. The first-order valence-corrected chi connectivity index (χ1v) is 12.0. The molecule has 5 atom stereocenters. The van der Waals surface area contributed by atoms with Crippen LogP contribution in [-0.2, 0) is 6.42 Å². The van der Waals surface area contributed by atoms with Gasteiger partial charge in [0.05, 0.1) is 5.56 Å². The maximum absolute atomic E-state index is 12.4. The van der Waals surface area contributed by atoms with Crippen LogP contribution in [0.1, 0.15) is 66.4 Å². The van der Waals surface area contributed by atoms with E-state index in [0.717, 1.165) is 38.5 Å². The van der Waals surface area contributed by atoms with Gasteiger partial charge in [-0.25, -0.2) is 4.79 Å². The minimum absolute atomic E-state index is 0.0575. The molecule has 0 bridgehead atoms. The molecule has 3 nitrogen and oxygen atoms in total. The normalized spacial score (nSPS) is 34.3. The summed E-state index contributed by atoms with van der Waals surface area (Å²) in [4.78, 5) is 12.4. The van der Waals surface area contributed by atoms with Crippen LogP contribution in [0.15, 0.2) is 48.5 Å². The molecule has 0 heterocycles. The molecule has 2 aromatic rings. The van der Waals surface area contributed by atoms with Crippen molar-refractivity contribution < 1.29 is 14.6 Å². The third kappa shape index (κ3) is 3.07. The third-order valence-electron chi connectivity index (χ3n) is 8.23. The summed E-state index contributed by atoms with van der Waals surface area (Å²) in [5, 5.41) is 11.2. The predicted octanol–water partition coefficient (Wildman–Crippen LogP) is 5.89. The Balaban J connectivity index is 1.38. The molecule has 0 saturated heterocycles. The zero-order valence-corrected chi connectivity index (χ0v) is 19.4. The summed E-state index contributed by atoms with van der Waals surface area (Å²) in [7, 11) is 0. The molecule has 2 aromatic carbocycles. The molecular weight excluding hydrogens is 487 g/mol. The molecule has 5 rings (SSSR count). The summed E-state index contributed by atoms with van der Waals surface area (Å²) in [6.45, 7) is 2.29. The van der Waals surface area contributed by atoms with Crippen molar-refractivity contribution in [2.75, 3.05) is 0 Å². The number of ether oxygens (including phenoxy) is 1. The van der Waals surface area contributed by atoms with Gasteiger partial charge in [0.15, 0.2) is 0 Å². The molecular formula is C26H27IO3. The second kappa shape index (κ2) is 7.51. The Morgan fingerprint density at radius 2 is 1.93 bits per heavy atom.